The molecular weight excluding hydrogens is 458 g/mol. The minimum atomic E-state index is -1.36. The van der Waals surface area contributed by atoms with Crippen LogP contribution in [0.4, 0.5) is 0 Å². The zero-order valence-electron chi connectivity index (χ0n) is 18.4. The molecule has 0 aliphatic carbocycles. The molecule has 0 saturated carbocycles. The van der Waals surface area contributed by atoms with Gasteiger partial charge in [0.05, 0.1) is 12.2 Å². The van der Waals surface area contributed by atoms with Crippen LogP contribution in [-0.4, -0.2) is 25.9 Å². The topological polar surface area (TPSA) is 76.3 Å². The minimum absolute atomic E-state index is 0.113. The first kappa shape index (κ1) is 24.6. The van der Waals surface area contributed by atoms with Crippen LogP contribution in [0.3, 0.4) is 0 Å². The van der Waals surface area contributed by atoms with Crippen LogP contribution in [-0.2, 0) is 19.3 Å². The Bertz CT molecular complexity index is 1010. The van der Waals surface area contributed by atoms with Gasteiger partial charge in [0.25, 0.3) is 5.91 Å². The van der Waals surface area contributed by atoms with Crippen molar-refractivity contribution < 1.29 is 14.7 Å². The standard InChI is InChI=1S/C13H11BrN2O2.C7H9NO.C4H10/c14-10-5-3-9(4-6-10)13(18)8-16-7-1-2-11(16)12(17)15-13;1-6(9)7-4-3-5-8(7)2;1-3-4-2/h1-7,18H,8H2,(H,15,17);3-5H,1-2H3;3-4H2,1-2H3. The Balaban J connectivity index is 0.000000220. The van der Waals surface area contributed by atoms with Gasteiger partial charge in [-0.2, -0.15) is 0 Å². The number of nitrogens with one attached hydrogen (secondary N) is 1. The van der Waals surface area contributed by atoms with Crippen LogP contribution >= 0.6 is 15.9 Å². The summed E-state index contributed by atoms with van der Waals surface area (Å²) in [4.78, 5) is 22.6. The molecule has 1 aromatic carbocycles. The lowest BCUT2D eigenvalue weighted by atomic mass is 10.0. The normalized spacial score (nSPS) is 16.8. The summed E-state index contributed by atoms with van der Waals surface area (Å²) >= 11 is 3.34. The number of benzene rings is 1. The molecule has 7 heteroatoms. The SMILES string of the molecule is CC(=O)c1cccn1C.CCCC.O=C1NC(O)(c2ccc(Br)cc2)Cn2cccc21. The molecule has 1 atom stereocenters. The van der Waals surface area contributed by atoms with Crippen molar-refractivity contribution in [3.05, 3.63) is 82.3 Å². The molecule has 0 saturated heterocycles. The van der Waals surface area contributed by atoms with Gasteiger partial charge < -0.3 is 19.6 Å². The largest absolute Gasteiger partial charge is 0.365 e. The molecule has 0 radical (unpaired) electrons. The maximum Gasteiger partial charge on any atom is 0.270 e. The van der Waals surface area contributed by atoms with E-state index in [0.717, 1.165) is 10.2 Å². The van der Waals surface area contributed by atoms with E-state index in [1.54, 1.807) is 42.0 Å². The highest BCUT2D eigenvalue weighted by Gasteiger charge is 2.37. The smallest absolute Gasteiger partial charge is 0.270 e. The highest BCUT2D eigenvalue weighted by Crippen LogP contribution is 2.26. The van der Waals surface area contributed by atoms with Crippen molar-refractivity contribution in [2.75, 3.05) is 0 Å². The van der Waals surface area contributed by atoms with E-state index in [0.29, 0.717) is 17.8 Å². The lowest BCUT2D eigenvalue weighted by molar-refractivity contribution is -0.0199. The molecule has 3 aromatic rings. The van der Waals surface area contributed by atoms with Gasteiger partial charge >= 0.3 is 0 Å². The Morgan fingerprint density at radius 1 is 1.10 bits per heavy atom. The minimum Gasteiger partial charge on any atom is -0.365 e. The van der Waals surface area contributed by atoms with Gasteiger partial charge in [0.15, 0.2) is 11.5 Å². The van der Waals surface area contributed by atoms with Crippen molar-refractivity contribution in [2.45, 2.75) is 45.9 Å². The third-order valence-corrected chi connectivity index (χ3v) is 5.44. The van der Waals surface area contributed by atoms with E-state index in [9.17, 15) is 14.7 Å². The zero-order valence-corrected chi connectivity index (χ0v) is 20.0. The summed E-state index contributed by atoms with van der Waals surface area (Å²) in [6.07, 6.45) is 6.29. The number of fused-ring (bicyclic) bond motifs is 1. The predicted octanol–water partition coefficient (Wildman–Crippen LogP) is 4.87. The van der Waals surface area contributed by atoms with Gasteiger partial charge in [-0.1, -0.05) is 54.8 Å². The molecule has 6 nitrogen and oxygen atoms in total. The molecule has 4 rings (SSSR count). The second-order valence-corrected chi connectivity index (χ2v) is 8.32. The molecule has 2 aromatic heterocycles. The Labute approximate surface area is 192 Å². The number of aromatic nitrogens is 2. The van der Waals surface area contributed by atoms with Crippen LogP contribution in [0.25, 0.3) is 0 Å². The van der Waals surface area contributed by atoms with Gasteiger partial charge in [0.1, 0.15) is 5.69 Å². The molecule has 0 spiro atoms. The highest BCUT2D eigenvalue weighted by molar-refractivity contribution is 9.10. The van der Waals surface area contributed by atoms with E-state index < -0.39 is 5.72 Å². The van der Waals surface area contributed by atoms with Crippen LogP contribution in [0.15, 0.2) is 65.4 Å². The van der Waals surface area contributed by atoms with Crippen molar-refractivity contribution in [1.29, 1.82) is 0 Å². The van der Waals surface area contributed by atoms with Gasteiger partial charge in [-0.3, -0.25) is 9.59 Å². The first-order valence-corrected chi connectivity index (χ1v) is 11.1. The number of hydrogen-bond acceptors (Lipinski definition) is 3. The molecule has 0 bridgehead atoms. The molecule has 2 N–H and O–H groups in total. The number of unbranched alkanes of at least 4 members (excludes halogenated alkanes) is 1. The Hall–Kier alpha value is -2.64. The van der Waals surface area contributed by atoms with Crippen LogP contribution in [0.5, 0.6) is 0 Å². The van der Waals surface area contributed by atoms with Crippen LogP contribution in [0, 0.1) is 0 Å². The second-order valence-electron chi connectivity index (χ2n) is 7.40. The second kappa shape index (κ2) is 11.1. The Kier molecular flexibility index (Phi) is 8.83. The molecule has 1 unspecified atom stereocenters. The van der Waals surface area contributed by atoms with E-state index in [-0.39, 0.29) is 11.7 Å². The van der Waals surface area contributed by atoms with E-state index in [2.05, 4.69) is 35.1 Å². The maximum atomic E-state index is 11.9. The number of halogens is 1. The summed E-state index contributed by atoms with van der Waals surface area (Å²) < 4.78 is 4.49. The monoisotopic (exact) mass is 487 g/mol. The number of carbonyl (C=O) groups excluding carboxylic acids is 2. The third kappa shape index (κ3) is 6.42. The van der Waals surface area contributed by atoms with Crippen molar-refractivity contribution in [3.63, 3.8) is 0 Å². The van der Waals surface area contributed by atoms with Gasteiger partial charge in [0.2, 0.25) is 0 Å². The lowest BCUT2D eigenvalue weighted by Gasteiger charge is -2.34. The van der Waals surface area contributed by atoms with Gasteiger partial charge in [-0.15, -0.1) is 0 Å². The lowest BCUT2D eigenvalue weighted by Crippen LogP contribution is -2.53. The number of amides is 1. The third-order valence-electron chi connectivity index (χ3n) is 4.91. The molecule has 0 fully saturated rings. The number of ketones is 1. The van der Waals surface area contributed by atoms with E-state index in [1.807, 2.05) is 42.1 Å². The van der Waals surface area contributed by atoms with Gasteiger partial charge in [0, 0.05) is 36.4 Å². The van der Waals surface area contributed by atoms with Crippen molar-refractivity contribution in [3.8, 4) is 0 Å². The molecule has 1 amide bonds. The summed E-state index contributed by atoms with van der Waals surface area (Å²) in [5.74, 6) is -0.154. The summed E-state index contributed by atoms with van der Waals surface area (Å²) in [5, 5.41) is 13.3. The fourth-order valence-corrected chi connectivity index (χ4v) is 3.28. The number of carbonyl (C=O) groups is 2. The molecular formula is C24H30BrN3O3. The fraction of sp³-hybridized carbons (Fsp3) is 0.333. The number of aryl methyl sites for hydroxylation is 1. The first-order valence-electron chi connectivity index (χ1n) is 10.3. The summed E-state index contributed by atoms with van der Waals surface area (Å²) in [7, 11) is 1.86. The highest BCUT2D eigenvalue weighted by atomic mass is 79.9. The van der Waals surface area contributed by atoms with Crippen LogP contribution in [0.1, 0.15) is 60.2 Å². The molecule has 166 valence electrons. The summed E-state index contributed by atoms with van der Waals surface area (Å²) in [6.45, 7) is 6.23. The Morgan fingerprint density at radius 2 is 1.71 bits per heavy atom. The van der Waals surface area contributed by atoms with Crippen molar-refractivity contribution >= 4 is 27.6 Å². The van der Waals surface area contributed by atoms with Crippen molar-refractivity contribution in [2.24, 2.45) is 7.05 Å². The van der Waals surface area contributed by atoms with E-state index in [4.69, 9.17) is 0 Å². The van der Waals surface area contributed by atoms with Crippen molar-refractivity contribution in [1.82, 2.24) is 14.5 Å². The van der Waals surface area contributed by atoms with E-state index >= 15 is 0 Å². The number of hydrogen-bond donors (Lipinski definition) is 2. The van der Waals surface area contributed by atoms with Crippen LogP contribution in [0.2, 0.25) is 0 Å². The van der Waals surface area contributed by atoms with Crippen LogP contribution < -0.4 is 5.32 Å². The van der Waals surface area contributed by atoms with Gasteiger partial charge in [-0.05, 0) is 36.4 Å². The molecule has 1 aliphatic heterocycles. The average Bonchev–Trinajstić information content (AvgIpc) is 3.38. The molecule has 31 heavy (non-hydrogen) atoms. The number of nitrogens with zero attached hydrogens (tertiary/aromatic N) is 2. The molecule has 3 heterocycles. The quantitative estimate of drug-likeness (QED) is 0.517. The zero-order chi connectivity index (χ0) is 23.0. The first-order chi connectivity index (χ1) is 14.7. The number of Topliss-reactive ketones (excluding diaryl/α,β-unsaturated/α-hetero) is 1. The number of rotatable bonds is 3. The summed E-state index contributed by atoms with van der Waals surface area (Å²) in [5.41, 5.74) is 0.634. The predicted molar refractivity (Wildman–Crippen MR) is 126 cm³/mol. The fourth-order valence-electron chi connectivity index (χ4n) is 3.01. The number of aliphatic hydroxyl groups is 1. The summed E-state index contributed by atoms with van der Waals surface area (Å²) in [6, 6.07) is 14.4. The van der Waals surface area contributed by atoms with Gasteiger partial charge in [-0.25, -0.2) is 0 Å². The van der Waals surface area contributed by atoms with E-state index in [1.165, 1.54) is 12.8 Å². The average molecular weight is 488 g/mol. The molecule has 1 aliphatic rings. The maximum absolute atomic E-state index is 11.9. The Morgan fingerprint density at radius 3 is 2.19 bits per heavy atom.